The maximum Gasteiger partial charge on any atom is 0.246 e. The quantitative estimate of drug-likeness (QED) is 0.253. The fourth-order valence-electron chi connectivity index (χ4n) is 4.29. The monoisotopic (exact) mass is 607 g/mol. The van der Waals surface area contributed by atoms with Crippen LogP contribution >= 0.6 is 46.4 Å². The van der Waals surface area contributed by atoms with Crippen molar-refractivity contribution in [2.45, 2.75) is 12.5 Å². The third-order valence-electron chi connectivity index (χ3n) is 6.24. The van der Waals surface area contributed by atoms with Gasteiger partial charge in [0.15, 0.2) is 18.8 Å². The van der Waals surface area contributed by atoms with Gasteiger partial charge in [-0.3, -0.25) is 14.4 Å². The van der Waals surface area contributed by atoms with E-state index in [1.165, 1.54) is 4.90 Å². The minimum absolute atomic E-state index is 0.0180. The number of halogens is 4. The third-order valence-corrected chi connectivity index (χ3v) is 7.71. The molecule has 40 heavy (non-hydrogen) atoms. The van der Waals surface area contributed by atoms with Gasteiger partial charge in [0.1, 0.15) is 6.04 Å². The zero-order valence-electron chi connectivity index (χ0n) is 21.0. The number of hydrogen-bond donors (Lipinski definition) is 1. The number of amides is 2. The molecule has 1 atom stereocenters. The Bertz CT molecular complexity index is 1440. The van der Waals surface area contributed by atoms with Crippen LogP contribution in [0.25, 0.3) is 12.2 Å². The fraction of sp³-hybridized carbons (Fsp3) is 0.138. The van der Waals surface area contributed by atoms with E-state index in [1.54, 1.807) is 48.6 Å². The van der Waals surface area contributed by atoms with Gasteiger partial charge in [0, 0.05) is 38.4 Å². The molecule has 5 nitrogen and oxygen atoms in total. The number of piperidine rings is 1. The molecule has 199 valence electrons. The van der Waals surface area contributed by atoms with Gasteiger partial charge in [-0.25, -0.2) is 0 Å². The van der Waals surface area contributed by atoms with Gasteiger partial charge in [-0.2, -0.15) is 0 Å². The summed E-state index contributed by atoms with van der Waals surface area (Å²) in [7, 11) is 6.28. The minimum atomic E-state index is -0.916. The lowest BCUT2D eigenvalue weighted by molar-refractivity contribution is -0.133. The fourth-order valence-corrected chi connectivity index (χ4v) is 4.91. The molecule has 1 aliphatic rings. The van der Waals surface area contributed by atoms with Crippen LogP contribution in [-0.4, -0.2) is 56.4 Å². The van der Waals surface area contributed by atoms with Gasteiger partial charge in [0.05, 0.1) is 20.1 Å². The Hall–Kier alpha value is -2.96. The van der Waals surface area contributed by atoms with E-state index in [0.29, 0.717) is 42.4 Å². The van der Waals surface area contributed by atoms with Gasteiger partial charge in [-0.15, -0.1) is 0 Å². The first-order valence-electron chi connectivity index (χ1n) is 12.2. The van der Waals surface area contributed by atoms with Crippen molar-refractivity contribution in [1.82, 2.24) is 10.2 Å². The third kappa shape index (κ3) is 7.61. The number of nitrogens with zero attached hydrogens (tertiary/aromatic N) is 1. The van der Waals surface area contributed by atoms with Crippen LogP contribution in [0.3, 0.4) is 0 Å². The highest BCUT2D eigenvalue weighted by atomic mass is 35.5. The Morgan fingerprint density at radius 3 is 1.85 bits per heavy atom. The van der Waals surface area contributed by atoms with E-state index in [4.69, 9.17) is 54.1 Å². The summed E-state index contributed by atoms with van der Waals surface area (Å²) >= 11 is 24.5. The number of likely N-dealkylation sites (tertiary alicyclic amines) is 1. The summed E-state index contributed by atoms with van der Waals surface area (Å²) < 4.78 is 0. The summed E-state index contributed by atoms with van der Waals surface area (Å²) in [6.07, 6.45) is 3.58. The summed E-state index contributed by atoms with van der Waals surface area (Å²) in [6, 6.07) is 18.4. The average molecular weight is 609 g/mol. The Balaban J connectivity index is 1.73. The van der Waals surface area contributed by atoms with Crippen molar-refractivity contribution in [1.29, 1.82) is 0 Å². The first-order chi connectivity index (χ1) is 19.1. The maximum absolute atomic E-state index is 13.9. The van der Waals surface area contributed by atoms with Crippen LogP contribution in [0.15, 0.2) is 77.9 Å². The molecule has 0 aromatic heterocycles. The lowest BCUT2D eigenvalue weighted by atomic mass is 9.55. The Kier molecular flexibility index (Phi) is 10.2. The maximum atomic E-state index is 13.9. The molecule has 1 unspecified atom stereocenters. The molecule has 3 aromatic carbocycles. The lowest BCUT2D eigenvalue weighted by Crippen LogP contribution is -2.53. The van der Waals surface area contributed by atoms with E-state index in [2.05, 4.69) is 5.32 Å². The summed E-state index contributed by atoms with van der Waals surface area (Å²) in [6.45, 7) is 0.0360. The summed E-state index contributed by atoms with van der Waals surface area (Å²) in [5.74, 6) is -1.19. The minimum Gasteiger partial charge on any atom is -0.354 e. The van der Waals surface area contributed by atoms with Gasteiger partial charge in [0.2, 0.25) is 5.91 Å². The first kappa shape index (κ1) is 30.0. The van der Waals surface area contributed by atoms with E-state index in [0.717, 1.165) is 12.7 Å². The molecule has 1 aliphatic heterocycles. The molecule has 1 fully saturated rings. The number of nitrogens with one attached hydrogen (secondary N) is 1. The molecule has 0 spiro atoms. The van der Waals surface area contributed by atoms with Crippen molar-refractivity contribution in [2.75, 3.05) is 13.1 Å². The number of rotatable bonds is 7. The van der Waals surface area contributed by atoms with Crippen molar-refractivity contribution in [3.8, 4) is 0 Å². The SMILES string of the molecule is [B][B]C(=O)NC(Cc1ccccc1)C(=O)N1C/C(=C\c2ccc(Cl)c(Cl)c2)C(=O)/C(=C/c2ccc(Cl)c(Cl)c2)C1. The molecular weight excluding hydrogens is 588 g/mol. The molecule has 0 bridgehead atoms. The van der Waals surface area contributed by atoms with Crippen molar-refractivity contribution in [2.24, 2.45) is 0 Å². The highest BCUT2D eigenvalue weighted by Crippen LogP contribution is 2.28. The van der Waals surface area contributed by atoms with Crippen LogP contribution < -0.4 is 5.32 Å². The molecule has 1 N–H and O–H groups in total. The van der Waals surface area contributed by atoms with Crippen LogP contribution in [0, 0.1) is 0 Å². The molecule has 1 heterocycles. The van der Waals surface area contributed by atoms with Crippen molar-refractivity contribution in [3.63, 3.8) is 0 Å². The van der Waals surface area contributed by atoms with Crippen molar-refractivity contribution in [3.05, 3.63) is 115 Å². The molecule has 3 radical (unpaired) electrons. The van der Waals surface area contributed by atoms with E-state index in [-0.39, 0.29) is 31.2 Å². The van der Waals surface area contributed by atoms with E-state index in [1.807, 2.05) is 30.3 Å². The van der Waals surface area contributed by atoms with E-state index < -0.39 is 11.8 Å². The number of carbonyl (C=O) groups is 3. The summed E-state index contributed by atoms with van der Waals surface area (Å²) in [5, 5.41) is 4.12. The van der Waals surface area contributed by atoms with Gasteiger partial charge < -0.3 is 10.2 Å². The van der Waals surface area contributed by atoms with Crippen LogP contribution in [-0.2, 0) is 16.0 Å². The topological polar surface area (TPSA) is 66.5 Å². The highest BCUT2D eigenvalue weighted by Gasteiger charge is 2.33. The van der Waals surface area contributed by atoms with Crippen LogP contribution in [0.2, 0.25) is 20.1 Å². The van der Waals surface area contributed by atoms with Gasteiger partial charge in [0.25, 0.3) is 0 Å². The number of Topliss-reactive ketones (excluding diaryl/α,β-unsaturated/α-hetero) is 1. The molecular formula is C29H21B2Cl4N2O3. The summed E-state index contributed by atoms with van der Waals surface area (Å²) in [5.41, 5.74) is 2.86. The summed E-state index contributed by atoms with van der Waals surface area (Å²) in [4.78, 5) is 41.2. The molecule has 3 aromatic rings. The van der Waals surface area contributed by atoms with Gasteiger partial charge in [-0.1, -0.05) is 88.9 Å². The smallest absolute Gasteiger partial charge is 0.246 e. The second kappa shape index (κ2) is 13.6. The number of ketones is 1. The van der Waals surface area contributed by atoms with Crippen molar-refractivity contribution < 1.29 is 14.4 Å². The Labute approximate surface area is 254 Å². The lowest BCUT2D eigenvalue weighted by Gasteiger charge is -2.33. The van der Waals surface area contributed by atoms with Crippen molar-refractivity contribution >= 4 is 91.0 Å². The van der Waals surface area contributed by atoms with Gasteiger partial charge >= 0.3 is 0 Å². The average Bonchev–Trinajstić information content (AvgIpc) is 2.94. The molecule has 0 aliphatic carbocycles. The van der Waals surface area contributed by atoms with Gasteiger partial charge in [-0.05, 0) is 53.1 Å². The van der Waals surface area contributed by atoms with E-state index >= 15 is 0 Å². The predicted octanol–water partition coefficient (Wildman–Crippen LogP) is 6.29. The standard InChI is InChI=1S/C29H21B2Cl4N2O3/c30-31-29(40)36-26(14-17-4-2-1-3-5-17)28(39)37-15-20(10-18-6-8-22(32)24(34)12-18)27(38)21(16-37)11-19-7-9-23(33)25(35)13-19/h1-13,26H,14-16H2,(H,36,40)/b20-10+,21-11+. The molecule has 11 heteroatoms. The first-order valence-corrected chi connectivity index (χ1v) is 13.7. The number of hydrogen-bond acceptors (Lipinski definition) is 3. The Morgan fingerprint density at radius 2 is 1.38 bits per heavy atom. The highest BCUT2D eigenvalue weighted by molar-refractivity contribution is 7.08. The van der Waals surface area contributed by atoms with E-state index in [9.17, 15) is 14.4 Å². The largest absolute Gasteiger partial charge is 0.354 e. The second-order valence-electron chi connectivity index (χ2n) is 9.13. The zero-order valence-corrected chi connectivity index (χ0v) is 24.1. The molecule has 0 saturated carbocycles. The zero-order chi connectivity index (χ0) is 28.8. The number of carbonyl (C=O) groups excluding carboxylic acids is 3. The normalized spacial score (nSPS) is 16.2. The second-order valence-corrected chi connectivity index (χ2v) is 10.8. The van der Waals surface area contributed by atoms with Crippen LogP contribution in [0.5, 0.6) is 0 Å². The van der Waals surface area contributed by atoms with Crippen LogP contribution in [0.4, 0.5) is 4.79 Å². The molecule has 1 saturated heterocycles. The molecule has 2 amide bonds. The molecule has 4 rings (SSSR count). The Morgan fingerprint density at radius 1 is 0.850 bits per heavy atom. The predicted molar refractivity (Wildman–Crippen MR) is 164 cm³/mol. The van der Waals surface area contributed by atoms with Crippen LogP contribution in [0.1, 0.15) is 16.7 Å². The number of benzene rings is 3.